The van der Waals surface area contributed by atoms with Crippen LogP contribution in [-0.4, -0.2) is 63.1 Å². The lowest BCUT2D eigenvalue weighted by molar-refractivity contribution is -0.266. The SMILES string of the molecule is C[C@]12C=CC(=O)C=C1[C@@H](F)C[C@H]1[C@@H]3C[C@H]4CN(Cc5ccc(Cl)cc5)O[C@@]4(C(=O)SCC(F)(F)F)[C@@]3(C)C[C@H](O)[C@@]12F. The van der Waals surface area contributed by atoms with Crippen molar-refractivity contribution >= 4 is 34.3 Å². The molecular weight excluding hydrogens is 601 g/mol. The first kappa shape index (κ1) is 30.2. The van der Waals surface area contributed by atoms with Crippen molar-refractivity contribution < 1.29 is 41.5 Å². The van der Waals surface area contributed by atoms with Gasteiger partial charge in [-0.3, -0.25) is 14.4 Å². The van der Waals surface area contributed by atoms with Crippen LogP contribution in [0, 0.1) is 28.6 Å². The molecule has 1 heterocycles. The van der Waals surface area contributed by atoms with Crippen LogP contribution in [0.4, 0.5) is 22.0 Å². The predicted octanol–water partition coefficient (Wildman–Crippen LogP) is 6.19. The van der Waals surface area contributed by atoms with Crippen LogP contribution in [0.2, 0.25) is 5.02 Å². The Balaban J connectivity index is 1.40. The summed E-state index contributed by atoms with van der Waals surface area (Å²) in [5, 5.41) is 12.9. The third kappa shape index (κ3) is 4.20. The first-order valence-corrected chi connectivity index (χ1v) is 15.3. The van der Waals surface area contributed by atoms with Gasteiger partial charge in [-0.1, -0.05) is 48.5 Å². The number of allylic oxidation sites excluding steroid dienone is 4. The lowest BCUT2D eigenvalue weighted by Crippen LogP contribution is -2.70. The number of fused-ring (bicyclic) bond motifs is 7. The van der Waals surface area contributed by atoms with E-state index < -0.39 is 75.0 Å². The van der Waals surface area contributed by atoms with Crippen molar-refractivity contribution in [2.75, 3.05) is 12.3 Å². The zero-order valence-corrected chi connectivity index (χ0v) is 24.5. The molecule has 0 aromatic heterocycles. The molecule has 42 heavy (non-hydrogen) atoms. The number of halogens is 6. The Morgan fingerprint density at radius 1 is 1.19 bits per heavy atom. The lowest BCUT2D eigenvalue weighted by atomic mass is 9.44. The maximum absolute atomic E-state index is 17.5. The van der Waals surface area contributed by atoms with Gasteiger partial charge >= 0.3 is 6.18 Å². The summed E-state index contributed by atoms with van der Waals surface area (Å²) in [5.41, 5.74) is -6.28. The second-order valence-corrected chi connectivity index (χ2v) is 14.1. The summed E-state index contributed by atoms with van der Waals surface area (Å²) in [7, 11) is 0. The molecule has 5 aliphatic rings. The molecule has 4 aliphatic carbocycles. The third-order valence-corrected chi connectivity index (χ3v) is 11.9. The number of ketones is 1. The van der Waals surface area contributed by atoms with Crippen LogP contribution < -0.4 is 0 Å². The minimum absolute atomic E-state index is 0.0218. The third-order valence-electron chi connectivity index (χ3n) is 10.6. The molecule has 0 spiro atoms. The molecule has 6 rings (SSSR count). The fourth-order valence-electron chi connectivity index (χ4n) is 8.80. The van der Waals surface area contributed by atoms with Crippen molar-refractivity contribution in [1.29, 1.82) is 0 Å². The lowest BCUT2D eigenvalue weighted by Gasteiger charge is -2.63. The van der Waals surface area contributed by atoms with E-state index in [-0.39, 0.29) is 49.7 Å². The Morgan fingerprint density at radius 2 is 1.88 bits per heavy atom. The van der Waals surface area contributed by atoms with Crippen molar-refractivity contribution in [3.8, 4) is 0 Å². The molecule has 0 unspecified atom stereocenters. The van der Waals surface area contributed by atoms with Gasteiger partial charge in [0, 0.05) is 40.8 Å². The van der Waals surface area contributed by atoms with Crippen molar-refractivity contribution in [1.82, 2.24) is 5.06 Å². The summed E-state index contributed by atoms with van der Waals surface area (Å²) in [4.78, 5) is 32.4. The van der Waals surface area contributed by atoms with Crippen molar-refractivity contribution in [2.45, 2.75) is 69.4 Å². The highest BCUT2D eigenvalue weighted by Crippen LogP contribution is 2.73. The van der Waals surface area contributed by atoms with Crippen LogP contribution in [0.1, 0.15) is 38.7 Å². The van der Waals surface area contributed by atoms with E-state index in [2.05, 4.69) is 0 Å². The largest absolute Gasteiger partial charge is 0.398 e. The number of rotatable bonds is 4. The number of carbonyl (C=O) groups is 2. The highest BCUT2D eigenvalue weighted by molar-refractivity contribution is 8.13. The van der Waals surface area contributed by atoms with Crippen molar-refractivity contribution in [3.05, 3.63) is 58.7 Å². The maximum Gasteiger partial charge on any atom is 0.398 e. The summed E-state index contributed by atoms with van der Waals surface area (Å²) in [6, 6.07) is 6.93. The molecule has 0 radical (unpaired) electrons. The van der Waals surface area contributed by atoms with E-state index in [1.165, 1.54) is 19.1 Å². The van der Waals surface area contributed by atoms with E-state index in [1.54, 1.807) is 36.3 Å². The molecule has 4 fully saturated rings. The van der Waals surface area contributed by atoms with Crippen molar-refractivity contribution in [3.63, 3.8) is 0 Å². The molecule has 12 heteroatoms. The van der Waals surface area contributed by atoms with Crippen LogP contribution in [0.25, 0.3) is 0 Å². The number of thioether (sulfide) groups is 1. The van der Waals surface area contributed by atoms with Gasteiger partial charge in [-0.05, 0) is 67.5 Å². The Labute approximate surface area is 249 Å². The van der Waals surface area contributed by atoms with Crippen LogP contribution in [0.15, 0.2) is 48.1 Å². The number of hydroxylamine groups is 2. The van der Waals surface area contributed by atoms with Crippen LogP contribution in [0.3, 0.4) is 0 Å². The molecule has 1 aromatic rings. The second-order valence-electron chi connectivity index (χ2n) is 12.8. The molecule has 9 atom stereocenters. The zero-order chi connectivity index (χ0) is 30.5. The summed E-state index contributed by atoms with van der Waals surface area (Å²) in [6.45, 7) is 3.56. The van der Waals surface area contributed by atoms with Gasteiger partial charge in [-0.2, -0.15) is 18.2 Å². The van der Waals surface area contributed by atoms with Gasteiger partial charge in [0.15, 0.2) is 17.1 Å². The van der Waals surface area contributed by atoms with Gasteiger partial charge in [0.2, 0.25) is 5.12 Å². The van der Waals surface area contributed by atoms with Gasteiger partial charge in [0.25, 0.3) is 0 Å². The molecule has 228 valence electrons. The number of benzene rings is 1. The van der Waals surface area contributed by atoms with E-state index in [9.17, 15) is 27.9 Å². The van der Waals surface area contributed by atoms with E-state index in [0.717, 1.165) is 11.6 Å². The Bertz CT molecular complexity index is 1370. The minimum atomic E-state index is -4.61. The van der Waals surface area contributed by atoms with Gasteiger partial charge in [-0.25, -0.2) is 8.78 Å². The first-order valence-electron chi connectivity index (χ1n) is 13.9. The summed E-state index contributed by atoms with van der Waals surface area (Å²) < 4.78 is 73.1. The summed E-state index contributed by atoms with van der Waals surface area (Å²) >= 11 is 6.12. The fraction of sp³-hybridized carbons (Fsp3) is 0.600. The quantitative estimate of drug-likeness (QED) is 0.400. The standard InChI is InChI=1S/C30H31ClF5NO4S/c1-26-8-7-19(38)10-22(26)23(32)11-21-20-9-17-14-37(13-16-3-5-18(31)6-4-16)41-30(17,25(40)42-15-28(33,34)35)27(20,2)12-24(39)29(21,26)36/h3-8,10,17,20-21,23-24,39H,9,11-15H2,1-2H3/t17-,20-,21-,23-,24-,26-,27-,29-,30-/m0/s1. The molecule has 3 saturated carbocycles. The fourth-order valence-corrected chi connectivity index (χ4v) is 9.88. The second kappa shape index (κ2) is 9.86. The summed E-state index contributed by atoms with van der Waals surface area (Å²) in [6.07, 6.45) is -4.76. The number of alkyl halides is 5. The molecule has 1 aliphatic heterocycles. The Morgan fingerprint density at radius 3 is 2.55 bits per heavy atom. The molecule has 1 aromatic carbocycles. The monoisotopic (exact) mass is 631 g/mol. The Kier molecular flexibility index (Phi) is 7.10. The smallest absolute Gasteiger partial charge is 0.390 e. The van der Waals surface area contributed by atoms with E-state index in [1.807, 2.05) is 0 Å². The number of carbonyl (C=O) groups excluding carboxylic acids is 2. The van der Waals surface area contributed by atoms with Gasteiger partial charge in [0.05, 0.1) is 11.9 Å². The average Bonchev–Trinajstić information content (AvgIpc) is 3.39. The topological polar surface area (TPSA) is 66.8 Å². The first-order chi connectivity index (χ1) is 19.5. The minimum Gasteiger partial charge on any atom is -0.390 e. The average molecular weight is 632 g/mol. The predicted molar refractivity (Wildman–Crippen MR) is 147 cm³/mol. The number of hydrogen-bond acceptors (Lipinski definition) is 6. The highest BCUT2D eigenvalue weighted by atomic mass is 35.5. The van der Waals surface area contributed by atoms with Gasteiger partial charge in [-0.15, -0.1) is 0 Å². The van der Waals surface area contributed by atoms with Crippen molar-refractivity contribution in [2.24, 2.45) is 28.6 Å². The molecule has 5 nitrogen and oxygen atoms in total. The number of nitrogens with zero attached hydrogens (tertiary/aromatic N) is 1. The molecule has 1 N–H and O–H groups in total. The molecule has 1 saturated heterocycles. The highest BCUT2D eigenvalue weighted by Gasteiger charge is 2.79. The molecule has 0 amide bonds. The van der Waals surface area contributed by atoms with E-state index in [4.69, 9.17) is 16.4 Å². The Hall–Kier alpha value is -1.79. The number of aliphatic hydroxyl groups excluding tert-OH is 1. The van der Waals surface area contributed by atoms with E-state index in [0.29, 0.717) is 5.02 Å². The normalized spacial score (nSPS) is 42.9. The maximum atomic E-state index is 17.5. The zero-order valence-electron chi connectivity index (χ0n) is 23.0. The van der Waals surface area contributed by atoms with Crippen LogP contribution in [0.5, 0.6) is 0 Å². The summed E-state index contributed by atoms with van der Waals surface area (Å²) in [5.74, 6) is -4.24. The molecule has 0 bridgehead atoms. The van der Waals surface area contributed by atoms with Gasteiger partial charge < -0.3 is 5.11 Å². The van der Waals surface area contributed by atoms with E-state index >= 15 is 8.78 Å². The van der Waals surface area contributed by atoms with Crippen LogP contribution in [-0.2, 0) is 21.0 Å². The number of aliphatic hydroxyl groups is 1. The number of hydrogen-bond donors (Lipinski definition) is 1. The van der Waals surface area contributed by atoms with Crippen LogP contribution >= 0.6 is 23.4 Å². The molecular formula is C30H31ClF5NO4S. The van der Waals surface area contributed by atoms with Gasteiger partial charge in [0.1, 0.15) is 6.17 Å².